The molecule has 0 radical (unpaired) electrons. The predicted octanol–water partition coefficient (Wildman–Crippen LogP) is 4.51. The van der Waals surface area contributed by atoms with E-state index in [2.05, 4.69) is 4.98 Å². The first-order valence-electron chi connectivity index (χ1n) is 9.08. The van der Waals surface area contributed by atoms with Gasteiger partial charge in [-0.1, -0.05) is 49.4 Å². The summed E-state index contributed by atoms with van der Waals surface area (Å²) in [5.74, 6) is 0.666. The SMILES string of the molecule is Cc1ccc(S(=O)(=O)OCCCCCCCCOc2ccccn2)cc1. The topological polar surface area (TPSA) is 65.5 Å². The van der Waals surface area contributed by atoms with Crippen molar-refractivity contribution in [3.05, 3.63) is 54.2 Å². The Labute approximate surface area is 156 Å². The molecule has 5 nitrogen and oxygen atoms in total. The third-order valence-corrected chi connectivity index (χ3v) is 5.30. The molecule has 1 aromatic heterocycles. The Balaban J connectivity index is 1.48. The van der Waals surface area contributed by atoms with E-state index in [1.165, 1.54) is 0 Å². The van der Waals surface area contributed by atoms with Gasteiger partial charge >= 0.3 is 0 Å². The molecule has 2 rings (SSSR count). The molecule has 0 aliphatic heterocycles. The molecule has 0 amide bonds. The summed E-state index contributed by atoms with van der Waals surface area (Å²) >= 11 is 0. The van der Waals surface area contributed by atoms with E-state index < -0.39 is 10.1 Å². The van der Waals surface area contributed by atoms with Crippen LogP contribution in [0.25, 0.3) is 0 Å². The third-order valence-electron chi connectivity index (χ3n) is 3.97. The van der Waals surface area contributed by atoms with Crippen molar-refractivity contribution in [1.29, 1.82) is 0 Å². The summed E-state index contributed by atoms with van der Waals surface area (Å²) in [6, 6.07) is 12.3. The normalized spacial score (nSPS) is 11.4. The van der Waals surface area contributed by atoms with Gasteiger partial charge in [-0.2, -0.15) is 8.42 Å². The molecule has 1 heterocycles. The van der Waals surface area contributed by atoms with Gasteiger partial charge in [0.05, 0.1) is 18.1 Å². The molecule has 26 heavy (non-hydrogen) atoms. The van der Waals surface area contributed by atoms with Crippen LogP contribution in [0.4, 0.5) is 0 Å². The highest BCUT2D eigenvalue weighted by Crippen LogP contribution is 2.14. The fourth-order valence-electron chi connectivity index (χ4n) is 2.46. The van der Waals surface area contributed by atoms with Gasteiger partial charge in [0, 0.05) is 12.3 Å². The Morgan fingerprint density at radius 2 is 1.50 bits per heavy atom. The zero-order chi connectivity index (χ0) is 18.7. The van der Waals surface area contributed by atoms with Gasteiger partial charge in [-0.25, -0.2) is 4.98 Å². The van der Waals surface area contributed by atoms with Gasteiger partial charge in [0.2, 0.25) is 5.88 Å². The van der Waals surface area contributed by atoms with Crippen LogP contribution in [-0.2, 0) is 14.3 Å². The lowest BCUT2D eigenvalue weighted by atomic mass is 10.1. The Hall–Kier alpha value is -1.92. The average Bonchev–Trinajstić information content (AvgIpc) is 2.64. The number of unbranched alkanes of at least 4 members (excludes halogenated alkanes) is 5. The lowest BCUT2D eigenvalue weighted by Gasteiger charge is -2.06. The zero-order valence-corrected chi connectivity index (χ0v) is 16.1. The molecular weight excluding hydrogens is 350 g/mol. The lowest BCUT2D eigenvalue weighted by molar-refractivity contribution is 0.290. The van der Waals surface area contributed by atoms with Crippen molar-refractivity contribution in [3.63, 3.8) is 0 Å². The number of ether oxygens (including phenoxy) is 1. The maximum atomic E-state index is 12.0. The number of hydrogen-bond donors (Lipinski definition) is 0. The van der Waals surface area contributed by atoms with Crippen molar-refractivity contribution < 1.29 is 17.3 Å². The van der Waals surface area contributed by atoms with E-state index >= 15 is 0 Å². The molecule has 0 aliphatic carbocycles. The highest BCUT2D eigenvalue weighted by Gasteiger charge is 2.14. The first-order chi connectivity index (χ1) is 12.6. The number of benzene rings is 1. The number of pyridine rings is 1. The summed E-state index contributed by atoms with van der Waals surface area (Å²) in [7, 11) is -3.63. The van der Waals surface area contributed by atoms with E-state index in [0.717, 1.165) is 44.1 Å². The van der Waals surface area contributed by atoms with Gasteiger partial charge in [-0.15, -0.1) is 0 Å². The Kier molecular flexibility index (Phi) is 8.58. The molecule has 1 aromatic carbocycles. The van der Waals surface area contributed by atoms with E-state index in [-0.39, 0.29) is 11.5 Å². The summed E-state index contributed by atoms with van der Waals surface area (Å²) in [6.07, 6.45) is 7.69. The number of aryl methyl sites for hydroxylation is 1. The van der Waals surface area contributed by atoms with E-state index in [1.54, 1.807) is 30.5 Å². The highest BCUT2D eigenvalue weighted by molar-refractivity contribution is 7.86. The molecule has 0 N–H and O–H groups in total. The van der Waals surface area contributed by atoms with Crippen molar-refractivity contribution in [2.75, 3.05) is 13.2 Å². The maximum Gasteiger partial charge on any atom is 0.296 e. The Morgan fingerprint density at radius 3 is 2.15 bits per heavy atom. The molecule has 0 saturated heterocycles. The van der Waals surface area contributed by atoms with Crippen molar-refractivity contribution >= 4 is 10.1 Å². The first kappa shape index (κ1) is 20.4. The number of nitrogens with zero attached hydrogens (tertiary/aromatic N) is 1. The van der Waals surface area contributed by atoms with Gasteiger partial charge in [0.1, 0.15) is 0 Å². The van der Waals surface area contributed by atoms with Crippen molar-refractivity contribution in [2.24, 2.45) is 0 Å². The van der Waals surface area contributed by atoms with Crippen LogP contribution in [0.1, 0.15) is 44.1 Å². The van der Waals surface area contributed by atoms with E-state index in [9.17, 15) is 8.42 Å². The number of rotatable bonds is 12. The van der Waals surface area contributed by atoms with Gasteiger partial charge < -0.3 is 4.74 Å². The van der Waals surface area contributed by atoms with Crippen molar-refractivity contribution in [1.82, 2.24) is 4.98 Å². The Bertz CT molecular complexity index is 730. The number of hydrogen-bond acceptors (Lipinski definition) is 5. The average molecular weight is 378 g/mol. The maximum absolute atomic E-state index is 12.0. The molecular formula is C20H27NO4S. The van der Waals surface area contributed by atoms with Gasteiger partial charge in [0.25, 0.3) is 10.1 Å². The van der Waals surface area contributed by atoms with Gasteiger partial charge in [-0.3, -0.25) is 4.18 Å². The monoisotopic (exact) mass is 377 g/mol. The second kappa shape index (κ2) is 10.9. The molecule has 142 valence electrons. The van der Waals surface area contributed by atoms with Crippen LogP contribution in [0.15, 0.2) is 53.6 Å². The van der Waals surface area contributed by atoms with E-state index in [0.29, 0.717) is 12.5 Å². The molecule has 0 atom stereocenters. The minimum Gasteiger partial charge on any atom is -0.478 e. The van der Waals surface area contributed by atoms with Gasteiger partial charge in [0.15, 0.2) is 0 Å². The standard InChI is InChI=1S/C20H27NO4S/c1-18-11-13-19(14-12-18)26(22,23)25-17-9-5-3-2-4-8-16-24-20-10-6-7-15-21-20/h6-7,10-15H,2-5,8-9,16-17H2,1H3. The predicted molar refractivity (Wildman–Crippen MR) is 102 cm³/mol. The molecule has 0 bridgehead atoms. The van der Waals surface area contributed by atoms with Crippen molar-refractivity contribution in [3.8, 4) is 5.88 Å². The lowest BCUT2D eigenvalue weighted by Crippen LogP contribution is -2.07. The first-order valence-corrected chi connectivity index (χ1v) is 10.5. The second-order valence-corrected chi connectivity index (χ2v) is 7.84. The fourth-order valence-corrected chi connectivity index (χ4v) is 3.40. The molecule has 0 aliphatic rings. The minimum absolute atomic E-state index is 0.219. The third kappa shape index (κ3) is 7.54. The molecule has 6 heteroatoms. The van der Waals surface area contributed by atoms with Crippen LogP contribution in [0.2, 0.25) is 0 Å². The zero-order valence-electron chi connectivity index (χ0n) is 15.3. The molecule has 2 aromatic rings. The number of aromatic nitrogens is 1. The molecule has 0 saturated carbocycles. The quantitative estimate of drug-likeness (QED) is 0.402. The molecule has 0 unspecified atom stereocenters. The summed E-state index contributed by atoms with van der Waals surface area (Å²) in [4.78, 5) is 4.33. The molecule has 0 spiro atoms. The van der Waals surface area contributed by atoms with Crippen LogP contribution in [0.3, 0.4) is 0 Å². The smallest absolute Gasteiger partial charge is 0.296 e. The molecule has 0 fully saturated rings. The Morgan fingerprint density at radius 1 is 0.846 bits per heavy atom. The largest absolute Gasteiger partial charge is 0.478 e. The van der Waals surface area contributed by atoms with Crippen LogP contribution >= 0.6 is 0 Å². The summed E-state index contributed by atoms with van der Waals surface area (Å²) in [5.41, 5.74) is 1.02. The summed E-state index contributed by atoms with van der Waals surface area (Å²) in [5, 5.41) is 0. The van der Waals surface area contributed by atoms with E-state index in [4.69, 9.17) is 8.92 Å². The summed E-state index contributed by atoms with van der Waals surface area (Å²) < 4.78 is 34.7. The van der Waals surface area contributed by atoms with Crippen LogP contribution < -0.4 is 4.74 Å². The summed E-state index contributed by atoms with van der Waals surface area (Å²) in [6.45, 7) is 2.83. The highest BCUT2D eigenvalue weighted by atomic mass is 32.2. The minimum atomic E-state index is -3.63. The van der Waals surface area contributed by atoms with Gasteiger partial charge in [-0.05, 0) is 38.0 Å². The van der Waals surface area contributed by atoms with Crippen LogP contribution in [0.5, 0.6) is 5.88 Å². The second-order valence-electron chi connectivity index (χ2n) is 6.23. The van der Waals surface area contributed by atoms with Crippen LogP contribution in [0, 0.1) is 6.92 Å². The van der Waals surface area contributed by atoms with E-state index in [1.807, 2.05) is 25.1 Å². The van der Waals surface area contributed by atoms with Crippen molar-refractivity contribution in [2.45, 2.75) is 50.3 Å². The fraction of sp³-hybridized carbons (Fsp3) is 0.450. The van der Waals surface area contributed by atoms with Crippen LogP contribution in [-0.4, -0.2) is 26.6 Å².